The van der Waals surface area contributed by atoms with E-state index >= 15 is 0 Å². The number of hydrogen-bond acceptors (Lipinski definition) is 2. The first-order valence-corrected chi connectivity index (χ1v) is 12.1. The molecule has 0 radical (unpaired) electrons. The van der Waals surface area contributed by atoms with Crippen molar-refractivity contribution < 1.29 is 0 Å². The number of rotatable bonds is 6. The summed E-state index contributed by atoms with van der Waals surface area (Å²) in [7, 11) is 0. The van der Waals surface area contributed by atoms with Crippen molar-refractivity contribution >= 4 is 21.8 Å². The molecule has 0 amide bonds. The highest BCUT2D eigenvalue weighted by atomic mass is 16.1. The lowest BCUT2D eigenvalue weighted by Crippen LogP contribution is -2.24. The van der Waals surface area contributed by atoms with Crippen LogP contribution in [-0.4, -0.2) is 18.9 Å². The number of aryl methyl sites for hydroxylation is 2. The molecule has 3 aromatic carbocycles. The van der Waals surface area contributed by atoms with Crippen molar-refractivity contribution in [3.8, 4) is 5.69 Å². The van der Waals surface area contributed by atoms with Crippen molar-refractivity contribution in [1.29, 1.82) is 0 Å². The molecule has 178 valence electrons. The Kier molecular flexibility index (Phi) is 5.41. The SMILES string of the molecule is Cc1c2c(=O)n(-c3ccccc3)n(Cc3ccccc3)c2cc(=O)n1CCc1c[nH]c2ccccc12. The molecular weight excluding hydrogens is 448 g/mol. The number of pyridine rings is 1. The number of benzene rings is 3. The summed E-state index contributed by atoms with van der Waals surface area (Å²) >= 11 is 0. The number of nitrogens with one attached hydrogen (secondary N) is 1. The summed E-state index contributed by atoms with van der Waals surface area (Å²) in [5.74, 6) is 0. The highest BCUT2D eigenvalue weighted by Gasteiger charge is 2.20. The molecule has 0 aliphatic rings. The topological polar surface area (TPSA) is 64.7 Å². The fraction of sp³-hybridized carbons (Fsp3) is 0.133. The van der Waals surface area contributed by atoms with Gasteiger partial charge in [0.15, 0.2) is 0 Å². The number of nitrogens with zero attached hydrogens (tertiary/aromatic N) is 3. The Hall–Kier alpha value is -4.58. The van der Waals surface area contributed by atoms with Gasteiger partial charge >= 0.3 is 0 Å². The van der Waals surface area contributed by atoms with Crippen LogP contribution in [0.2, 0.25) is 0 Å². The molecule has 0 bridgehead atoms. The summed E-state index contributed by atoms with van der Waals surface area (Å²) in [6, 6.07) is 29.4. The third-order valence-corrected chi connectivity index (χ3v) is 6.93. The summed E-state index contributed by atoms with van der Waals surface area (Å²) < 4.78 is 5.34. The minimum atomic E-state index is -0.120. The minimum Gasteiger partial charge on any atom is -0.361 e. The fourth-order valence-electron chi connectivity index (χ4n) is 5.13. The van der Waals surface area contributed by atoms with Crippen LogP contribution >= 0.6 is 0 Å². The maximum atomic E-state index is 13.9. The Bertz CT molecular complexity index is 1810. The number of hydrogen-bond donors (Lipinski definition) is 1. The van der Waals surface area contributed by atoms with Crippen LogP contribution in [0.3, 0.4) is 0 Å². The Balaban J connectivity index is 1.49. The summed E-state index contributed by atoms with van der Waals surface area (Å²) in [5, 5.41) is 1.73. The zero-order valence-corrected chi connectivity index (χ0v) is 20.0. The summed E-state index contributed by atoms with van der Waals surface area (Å²) in [6.45, 7) is 2.85. The van der Waals surface area contributed by atoms with Crippen molar-refractivity contribution in [2.75, 3.05) is 0 Å². The second-order valence-corrected chi connectivity index (χ2v) is 9.09. The third kappa shape index (κ3) is 3.67. The van der Waals surface area contributed by atoms with Gasteiger partial charge in [0, 0.05) is 35.4 Å². The van der Waals surface area contributed by atoms with Crippen LogP contribution in [0.5, 0.6) is 0 Å². The van der Waals surface area contributed by atoms with Crippen LogP contribution in [0.4, 0.5) is 0 Å². The quantitative estimate of drug-likeness (QED) is 0.368. The lowest BCUT2D eigenvalue weighted by molar-refractivity contribution is 0.611. The second kappa shape index (κ2) is 8.89. The lowest BCUT2D eigenvalue weighted by atomic mass is 10.1. The largest absolute Gasteiger partial charge is 0.361 e. The average Bonchev–Trinajstić information content (AvgIpc) is 3.43. The molecule has 0 atom stereocenters. The maximum Gasteiger partial charge on any atom is 0.281 e. The van der Waals surface area contributed by atoms with E-state index in [1.165, 1.54) is 0 Å². The number of para-hydroxylation sites is 2. The molecular formula is C30H26N4O2. The van der Waals surface area contributed by atoms with Gasteiger partial charge in [0.05, 0.1) is 23.1 Å². The van der Waals surface area contributed by atoms with Crippen LogP contribution in [-0.2, 0) is 19.5 Å². The minimum absolute atomic E-state index is 0.105. The molecule has 0 unspecified atom stereocenters. The van der Waals surface area contributed by atoms with E-state index in [2.05, 4.69) is 11.1 Å². The number of H-pyrrole nitrogens is 1. The van der Waals surface area contributed by atoms with Crippen LogP contribution in [0.25, 0.3) is 27.5 Å². The first kappa shape index (κ1) is 21.9. The molecule has 0 aliphatic carbocycles. The predicted molar refractivity (Wildman–Crippen MR) is 144 cm³/mol. The van der Waals surface area contributed by atoms with Crippen molar-refractivity contribution in [3.05, 3.63) is 135 Å². The van der Waals surface area contributed by atoms with Gasteiger partial charge in [-0.2, -0.15) is 0 Å². The van der Waals surface area contributed by atoms with E-state index in [9.17, 15) is 9.59 Å². The van der Waals surface area contributed by atoms with Gasteiger partial charge in [-0.25, -0.2) is 4.68 Å². The predicted octanol–water partition coefficient (Wildman–Crippen LogP) is 5.03. The smallest absolute Gasteiger partial charge is 0.281 e. The highest BCUT2D eigenvalue weighted by molar-refractivity contribution is 5.83. The molecule has 0 aliphatic heterocycles. The molecule has 6 rings (SSSR count). The van der Waals surface area contributed by atoms with Crippen molar-refractivity contribution in [1.82, 2.24) is 18.9 Å². The van der Waals surface area contributed by atoms with E-state index in [1.54, 1.807) is 15.3 Å². The molecule has 0 saturated heterocycles. The zero-order chi connectivity index (χ0) is 24.6. The van der Waals surface area contributed by atoms with Gasteiger partial charge in [0.2, 0.25) is 0 Å². The zero-order valence-electron chi connectivity index (χ0n) is 20.0. The Morgan fingerprint density at radius 2 is 1.53 bits per heavy atom. The Morgan fingerprint density at radius 3 is 2.31 bits per heavy atom. The first-order valence-electron chi connectivity index (χ1n) is 12.1. The van der Waals surface area contributed by atoms with Gasteiger partial charge in [-0.1, -0.05) is 66.7 Å². The molecule has 6 aromatic rings. The van der Waals surface area contributed by atoms with E-state index in [0.29, 0.717) is 36.1 Å². The molecule has 3 aromatic heterocycles. The average molecular weight is 475 g/mol. The summed E-state index contributed by atoms with van der Waals surface area (Å²) in [4.78, 5) is 30.5. The molecule has 6 heteroatoms. The van der Waals surface area contributed by atoms with Gasteiger partial charge < -0.3 is 9.55 Å². The number of aromatic amines is 1. The van der Waals surface area contributed by atoms with E-state index in [-0.39, 0.29) is 11.1 Å². The second-order valence-electron chi connectivity index (χ2n) is 9.09. The van der Waals surface area contributed by atoms with Crippen molar-refractivity contribution in [2.45, 2.75) is 26.4 Å². The van der Waals surface area contributed by atoms with E-state index < -0.39 is 0 Å². The molecule has 6 nitrogen and oxygen atoms in total. The number of aromatic nitrogens is 4. The molecule has 36 heavy (non-hydrogen) atoms. The van der Waals surface area contributed by atoms with Gasteiger partial charge in [0.1, 0.15) is 0 Å². The standard InChI is InChI=1S/C30H26N4O2/c1-21-29-27(18-28(35)32(21)17-16-23-19-31-26-15-9-8-14-25(23)26)33(20-22-10-4-2-5-11-22)34(30(29)36)24-12-6-3-7-13-24/h2-15,18-19,31H,16-17,20H2,1H3. The summed E-state index contributed by atoms with van der Waals surface area (Å²) in [5.41, 5.74) is 5.18. The van der Waals surface area contributed by atoms with Crippen LogP contribution < -0.4 is 11.1 Å². The van der Waals surface area contributed by atoms with Crippen molar-refractivity contribution in [2.24, 2.45) is 0 Å². The normalized spacial score (nSPS) is 11.5. The van der Waals surface area contributed by atoms with Gasteiger partial charge in [-0.3, -0.25) is 14.3 Å². The monoisotopic (exact) mass is 474 g/mol. The van der Waals surface area contributed by atoms with Crippen LogP contribution in [0, 0.1) is 6.92 Å². The van der Waals surface area contributed by atoms with E-state index in [4.69, 9.17) is 0 Å². The molecule has 1 N–H and O–H groups in total. The highest BCUT2D eigenvalue weighted by Crippen LogP contribution is 2.21. The van der Waals surface area contributed by atoms with Gasteiger partial charge in [0.25, 0.3) is 11.1 Å². The molecule has 0 saturated carbocycles. The van der Waals surface area contributed by atoms with E-state index in [0.717, 1.165) is 27.7 Å². The summed E-state index contributed by atoms with van der Waals surface area (Å²) in [6.07, 6.45) is 2.69. The Morgan fingerprint density at radius 1 is 0.833 bits per heavy atom. The van der Waals surface area contributed by atoms with Crippen molar-refractivity contribution in [3.63, 3.8) is 0 Å². The van der Waals surface area contributed by atoms with E-state index in [1.807, 2.05) is 96.7 Å². The lowest BCUT2D eigenvalue weighted by Gasteiger charge is -2.14. The number of fused-ring (bicyclic) bond motifs is 2. The molecule has 0 spiro atoms. The van der Waals surface area contributed by atoms with Gasteiger partial charge in [-0.15, -0.1) is 0 Å². The van der Waals surface area contributed by atoms with Crippen LogP contribution in [0.1, 0.15) is 16.8 Å². The molecule has 3 heterocycles. The first-order chi connectivity index (χ1) is 17.6. The van der Waals surface area contributed by atoms with Gasteiger partial charge in [-0.05, 0) is 42.7 Å². The molecule has 0 fully saturated rings. The van der Waals surface area contributed by atoms with Crippen LogP contribution in [0.15, 0.2) is 107 Å². The fourth-order valence-corrected chi connectivity index (χ4v) is 5.13. The Labute approximate surface area is 207 Å². The maximum absolute atomic E-state index is 13.9. The third-order valence-electron chi connectivity index (χ3n) is 6.93.